The molecule has 1 saturated carbocycles. The molecule has 1 aromatic heterocycles. The van der Waals surface area contributed by atoms with Gasteiger partial charge >= 0.3 is 0 Å². The topological polar surface area (TPSA) is 60.7 Å². The number of para-hydroxylation sites is 1. The average molecular weight is 330 g/mol. The monoisotopic (exact) mass is 330 g/mol. The summed E-state index contributed by atoms with van der Waals surface area (Å²) in [5.41, 5.74) is 0.957. The zero-order valence-corrected chi connectivity index (χ0v) is 14.0. The minimum atomic E-state index is 0.323. The number of rotatable bonds is 7. The SMILES string of the molecule is O=C(CCCSc1nnnn1-c1ccccc1)C1CCCCC1. The molecule has 0 bridgehead atoms. The summed E-state index contributed by atoms with van der Waals surface area (Å²) in [4.78, 5) is 12.2. The second kappa shape index (κ2) is 8.24. The third-order valence-corrected chi connectivity index (χ3v) is 5.31. The highest BCUT2D eigenvalue weighted by Crippen LogP contribution is 2.26. The van der Waals surface area contributed by atoms with Crippen molar-refractivity contribution in [3.05, 3.63) is 30.3 Å². The third-order valence-electron chi connectivity index (χ3n) is 4.30. The van der Waals surface area contributed by atoms with Crippen molar-refractivity contribution in [2.75, 3.05) is 5.75 Å². The molecule has 3 rings (SSSR count). The van der Waals surface area contributed by atoms with Gasteiger partial charge in [-0.25, -0.2) is 0 Å². The van der Waals surface area contributed by atoms with Gasteiger partial charge in [0.15, 0.2) is 0 Å². The first-order chi connectivity index (χ1) is 11.3. The summed E-state index contributed by atoms with van der Waals surface area (Å²) < 4.78 is 1.74. The van der Waals surface area contributed by atoms with Gasteiger partial charge in [0, 0.05) is 18.1 Å². The molecule has 0 unspecified atom stereocenters. The Morgan fingerprint density at radius 3 is 2.74 bits per heavy atom. The van der Waals surface area contributed by atoms with Gasteiger partial charge in [-0.3, -0.25) is 4.79 Å². The number of carbonyl (C=O) groups excluding carboxylic acids is 1. The van der Waals surface area contributed by atoms with Crippen LogP contribution in [0, 0.1) is 5.92 Å². The maximum absolute atomic E-state index is 12.2. The molecule has 0 amide bonds. The molecule has 23 heavy (non-hydrogen) atoms. The first-order valence-corrected chi connectivity index (χ1v) is 9.32. The molecule has 0 aliphatic heterocycles. The minimum Gasteiger partial charge on any atom is -0.299 e. The Balaban J connectivity index is 1.46. The predicted octanol–water partition coefficient (Wildman–Crippen LogP) is 3.68. The smallest absolute Gasteiger partial charge is 0.214 e. The van der Waals surface area contributed by atoms with Gasteiger partial charge in [-0.15, -0.1) is 5.10 Å². The quantitative estimate of drug-likeness (QED) is 0.572. The van der Waals surface area contributed by atoms with Crippen LogP contribution in [0.25, 0.3) is 5.69 Å². The summed E-state index contributed by atoms with van der Waals surface area (Å²) in [7, 11) is 0. The lowest BCUT2D eigenvalue weighted by atomic mass is 9.85. The fraction of sp³-hybridized carbons (Fsp3) is 0.529. The van der Waals surface area contributed by atoms with E-state index in [-0.39, 0.29) is 0 Å². The lowest BCUT2D eigenvalue weighted by Gasteiger charge is -2.20. The molecule has 6 heteroatoms. The maximum Gasteiger partial charge on any atom is 0.214 e. The van der Waals surface area contributed by atoms with Gasteiger partial charge in [-0.2, -0.15) is 4.68 Å². The summed E-state index contributed by atoms with van der Waals surface area (Å²) in [6.07, 6.45) is 7.50. The van der Waals surface area contributed by atoms with Crippen LogP contribution < -0.4 is 0 Å². The van der Waals surface area contributed by atoms with Gasteiger partial charge in [0.25, 0.3) is 0 Å². The van der Waals surface area contributed by atoms with E-state index >= 15 is 0 Å². The number of Topliss-reactive ketones (excluding diaryl/α,β-unsaturated/α-hetero) is 1. The van der Waals surface area contributed by atoms with Gasteiger partial charge in [-0.1, -0.05) is 49.2 Å². The number of nitrogens with zero attached hydrogens (tertiary/aromatic N) is 4. The van der Waals surface area contributed by atoms with E-state index < -0.39 is 0 Å². The van der Waals surface area contributed by atoms with Crippen LogP contribution in [0.5, 0.6) is 0 Å². The molecule has 0 saturated heterocycles. The first kappa shape index (κ1) is 16.2. The first-order valence-electron chi connectivity index (χ1n) is 8.34. The van der Waals surface area contributed by atoms with Crippen LogP contribution in [0.15, 0.2) is 35.5 Å². The summed E-state index contributed by atoms with van der Waals surface area (Å²) in [6.45, 7) is 0. The van der Waals surface area contributed by atoms with Crippen molar-refractivity contribution in [2.24, 2.45) is 5.92 Å². The zero-order chi connectivity index (χ0) is 15.9. The van der Waals surface area contributed by atoms with Crippen LogP contribution >= 0.6 is 11.8 Å². The van der Waals surface area contributed by atoms with E-state index in [9.17, 15) is 4.79 Å². The Morgan fingerprint density at radius 2 is 1.96 bits per heavy atom. The molecule has 1 fully saturated rings. The Bertz CT molecular complexity index is 623. The van der Waals surface area contributed by atoms with E-state index in [0.29, 0.717) is 18.1 Å². The van der Waals surface area contributed by atoms with Crippen molar-refractivity contribution in [2.45, 2.75) is 50.1 Å². The number of carbonyl (C=O) groups is 1. The molecule has 122 valence electrons. The highest BCUT2D eigenvalue weighted by atomic mass is 32.2. The standard InChI is InChI=1S/C17H22N4OS/c22-16(14-8-3-1-4-9-14)12-7-13-23-17-18-19-20-21(17)15-10-5-2-6-11-15/h2,5-6,10-11,14H,1,3-4,7-9,12-13H2. The molecule has 1 aliphatic carbocycles. The molecule has 1 heterocycles. The molecule has 0 radical (unpaired) electrons. The van der Waals surface area contributed by atoms with E-state index in [1.54, 1.807) is 16.4 Å². The maximum atomic E-state index is 12.2. The fourth-order valence-electron chi connectivity index (χ4n) is 3.04. The number of tetrazole rings is 1. The van der Waals surface area contributed by atoms with Crippen molar-refractivity contribution in [3.63, 3.8) is 0 Å². The molecule has 0 N–H and O–H groups in total. The summed E-state index contributed by atoms with van der Waals surface area (Å²) >= 11 is 1.61. The van der Waals surface area contributed by atoms with Crippen LogP contribution in [0.3, 0.4) is 0 Å². The summed E-state index contributed by atoms with van der Waals surface area (Å²) in [5, 5.41) is 12.7. The largest absolute Gasteiger partial charge is 0.299 e. The van der Waals surface area contributed by atoms with E-state index in [1.165, 1.54) is 19.3 Å². The normalized spacial score (nSPS) is 15.7. The molecule has 0 spiro atoms. The van der Waals surface area contributed by atoms with Gasteiger partial charge in [0.05, 0.1) is 5.69 Å². The third kappa shape index (κ3) is 4.41. The second-order valence-electron chi connectivity index (χ2n) is 5.96. The molecule has 1 aliphatic rings. The van der Waals surface area contributed by atoms with Gasteiger partial charge in [0.2, 0.25) is 5.16 Å². The van der Waals surface area contributed by atoms with Crippen LogP contribution in [0.1, 0.15) is 44.9 Å². The average Bonchev–Trinajstić information content (AvgIpc) is 3.08. The van der Waals surface area contributed by atoms with Crippen LogP contribution in [-0.2, 0) is 4.79 Å². The van der Waals surface area contributed by atoms with Crippen molar-refractivity contribution in [1.29, 1.82) is 0 Å². The highest BCUT2D eigenvalue weighted by molar-refractivity contribution is 7.99. The van der Waals surface area contributed by atoms with Crippen molar-refractivity contribution in [1.82, 2.24) is 20.2 Å². The number of hydrogen-bond acceptors (Lipinski definition) is 5. The minimum absolute atomic E-state index is 0.323. The molecular formula is C17H22N4OS. The van der Waals surface area contributed by atoms with Crippen molar-refractivity contribution < 1.29 is 4.79 Å². The van der Waals surface area contributed by atoms with E-state index in [1.807, 2.05) is 30.3 Å². The van der Waals surface area contributed by atoms with Gasteiger partial charge < -0.3 is 0 Å². The number of aromatic nitrogens is 4. The summed E-state index contributed by atoms with van der Waals surface area (Å²) in [5.74, 6) is 1.64. The Hall–Kier alpha value is -1.69. The second-order valence-corrected chi connectivity index (χ2v) is 7.02. The summed E-state index contributed by atoms with van der Waals surface area (Å²) in [6, 6.07) is 9.86. The number of benzene rings is 1. The Morgan fingerprint density at radius 1 is 1.17 bits per heavy atom. The van der Waals surface area contributed by atoms with Gasteiger partial charge in [-0.05, 0) is 41.8 Å². The highest BCUT2D eigenvalue weighted by Gasteiger charge is 2.20. The molecule has 0 atom stereocenters. The number of ketones is 1. The molecule has 2 aromatic rings. The fourth-order valence-corrected chi connectivity index (χ4v) is 3.87. The molecule has 5 nitrogen and oxygen atoms in total. The van der Waals surface area contributed by atoms with Crippen molar-refractivity contribution in [3.8, 4) is 5.69 Å². The van der Waals surface area contributed by atoms with E-state index in [0.717, 1.165) is 35.9 Å². The zero-order valence-electron chi connectivity index (χ0n) is 13.2. The predicted molar refractivity (Wildman–Crippen MR) is 90.7 cm³/mol. The Labute approximate surface area is 140 Å². The van der Waals surface area contributed by atoms with Gasteiger partial charge in [0.1, 0.15) is 5.78 Å². The van der Waals surface area contributed by atoms with Crippen LogP contribution in [0.4, 0.5) is 0 Å². The van der Waals surface area contributed by atoms with Crippen molar-refractivity contribution >= 4 is 17.5 Å². The lowest BCUT2D eigenvalue weighted by molar-refractivity contribution is -0.123. The number of thioether (sulfide) groups is 1. The Kier molecular flexibility index (Phi) is 5.80. The van der Waals surface area contributed by atoms with E-state index in [2.05, 4.69) is 15.5 Å². The van der Waals surface area contributed by atoms with E-state index in [4.69, 9.17) is 0 Å². The van der Waals surface area contributed by atoms with Crippen LogP contribution in [-0.4, -0.2) is 31.7 Å². The lowest BCUT2D eigenvalue weighted by Crippen LogP contribution is -2.17. The molecular weight excluding hydrogens is 308 g/mol. The van der Waals surface area contributed by atoms with Crippen LogP contribution in [0.2, 0.25) is 0 Å². The number of hydrogen-bond donors (Lipinski definition) is 0. The molecule has 1 aromatic carbocycles.